The van der Waals surface area contributed by atoms with Gasteiger partial charge in [0.2, 0.25) is 5.91 Å². The second kappa shape index (κ2) is 15.2. The zero-order valence-electron chi connectivity index (χ0n) is 34.6. The lowest BCUT2D eigenvalue weighted by molar-refractivity contribution is -0.117. The molecule has 302 valence electrons. The van der Waals surface area contributed by atoms with Crippen molar-refractivity contribution in [1.29, 1.82) is 0 Å². The standard InChI is InChI=1S/C44H47B2N11O3/c1-24-10-8-11-25(2)37(24)28-18-30-31-21-48-57(29-22-56(23-29)44(45,46)35-13-9-12-32(50-35)43(60)55-16-6-7-17-55)39(31)26(3)54(5)40(30)34(19-28)49-33-20-36(51-41(58)27-14-15-27)52-53-38(33)42(59)47-4/h8-13,18-21,26-27,29H,6-7,14-17,22-23H2,1-5H3,(H,47,59)(H2,49,51,52,58). The molecule has 9 rings (SSSR count). The average molecular weight is 800 g/mol. The third kappa shape index (κ3) is 6.89. The number of pyridine rings is 1. The molecule has 3 aromatic heterocycles. The van der Waals surface area contributed by atoms with Gasteiger partial charge >= 0.3 is 0 Å². The Hall–Kier alpha value is -6.02. The first-order valence-electron chi connectivity index (χ1n) is 20.7. The molecule has 4 aliphatic rings. The van der Waals surface area contributed by atoms with E-state index in [9.17, 15) is 14.4 Å². The van der Waals surface area contributed by atoms with E-state index in [1.54, 1.807) is 31.3 Å². The van der Waals surface area contributed by atoms with Crippen LogP contribution in [0.2, 0.25) is 0 Å². The fourth-order valence-electron chi connectivity index (χ4n) is 8.88. The number of amides is 3. The van der Waals surface area contributed by atoms with Gasteiger partial charge in [0.05, 0.1) is 56.7 Å². The maximum absolute atomic E-state index is 13.2. The van der Waals surface area contributed by atoms with Gasteiger partial charge in [0.15, 0.2) is 11.5 Å². The Morgan fingerprint density at radius 1 is 0.900 bits per heavy atom. The Labute approximate surface area is 352 Å². The van der Waals surface area contributed by atoms with Crippen molar-refractivity contribution in [2.24, 2.45) is 5.92 Å². The van der Waals surface area contributed by atoms with E-state index >= 15 is 0 Å². The van der Waals surface area contributed by atoms with Crippen LogP contribution in [0, 0.1) is 19.8 Å². The average Bonchev–Trinajstić information content (AvgIpc) is 3.75. The van der Waals surface area contributed by atoms with Crippen LogP contribution >= 0.6 is 0 Å². The van der Waals surface area contributed by atoms with Gasteiger partial charge in [-0.1, -0.05) is 24.3 Å². The quantitative estimate of drug-likeness (QED) is 0.160. The smallest absolute Gasteiger partial charge is 0.273 e. The van der Waals surface area contributed by atoms with E-state index in [2.05, 4.69) is 98.9 Å². The summed E-state index contributed by atoms with van der Waals surface area (Å²) in [4.78, 5) is 49.7. The molecular weight excluding hydrogens is 752 g/mol. The number of carbonyl (C=O) groups excluding carboxylic acids is 3. The van der Waals surface area contributed by atoms with Gasteiger partial charge in [-0.3, -0.25) is 19.1 Å². The molecule has 60 heavy (non-hydrogen) atoms. The van der Waals surface area contributed by atoms with Gasteiger partial charge in [-0.15, -0.1) is 10.2 Å². The minimum atomic E-state index is -1.39. The summed E-state index contributed by atoms with van der Waals surface area (Å²) < 4.78 is 2.09. The molecule has 1 atom stereocenters. The van der Waals surface area contributed by atoms with Crippen LogP contribution in [-0.4, -0.2) is 108 Å². The number of hydrogen-bond acceptors (Lipinski definition) is 10. The van der Waals surface area contributed by atoms with Crippen LogP contribution in [0.1, 0.15) is 88.2 Å². The van der Waals surface area contributed by atoms with E-state index in [-0.39, 0.29) is 41.3 Å². The largest absolute Gasteiger partial charge is 0.364 e. The Morgan fingerprint density at radius 3 is 2.32 bits per heavy atom. The number of carbonyl (C=O) groups is 3. The first-order valence-corrected chi connectivity index (χ1v) is 20.7. The molecule has 1 aliphatic carbocycles. The van der Waals surface area contributed by atoms with Crippen LogP contribution in [0.15, 0.2) is 60.8 Å². The Bertz CT molecular complexity index is 2520. The van der Waals surface area contributed by atoms with Gasteiger partial charge in [0.25, 0.3) is 11.8 Å². The Kier molecular flexibility index (Phi) is 10.0. The van der Waals surface area contributed by atoms with Gasteiger partial charge in [-0.05, 0) is 98.3 Å². The fourth-order valence-corrected chi connectivity index (χ4v) is 8.88. The predicted octanol–water partition coefficient (Wildman–Crippen LogP) is 5.22. The maximum Gasteiger partial charge on any atom is 0.273 e. The lowest BCUT2D eigenvalue weighted by Gasteiger charge is -2.50. The molecule has 1 saturated carbocycles. The molecule has 2 aromatic carbocycles. The van der Waals surface area contributed by atoms with Crippen molar-refractivity contribution in [3.63, 3.8) is 0 Å². The molecule has 3 N–H and O–H groups in total. The number of rotatable bonds is 10. The van der Waals surface area contributed by atoms with Crippen molar-refractivity contribution in [2.45, 2.75) is 63.9 Å². The highest BCUT2D eigenvalue weighted by Gasteiger charge is 2.43. The van der Waals surface area contributed by atoms with Gasteiger partial charge in [0.1, 0.15) is 5.69 Å². The van der Waals surface area contributed by atoms with Crippen molar-refractivity contribution in [3.05, 3.63) is 94.7 Å². The summed E-state index contributed by atoms with van der Waals surface area (Å²) >= 11 is 0. The minimum Gasteiger partial charge on any atom is -0.364 e. The molecule has 5 aromatic rings. The first kappa shape index (κ1) is 39.4. The first-order chi connectivity index (χ1) is 28.8. The normalized spacial score (nSPS) is 17.8. The van der Waals surface area contributed by atoms with Crippen molar-refractivity contribution in [2.75, 3.05) is 55.8 Å². The second-order valence-corrected chi connectivity index (χ2v) is 16.6. The third-order valence-corrected chi connectivity index (χ3v) is 12.5. The molecule has 3 aliphatic heterocycles. The summed E-state index contributed by atoms with van der Waals surface area (Å²) in [6.07, 6.45) is 5.60. The lowest BCUT2D eigenvalue weighted by atomic mass is 9.57. The second-order valence-electron chi connectivity index (χ2n) is 16.6. The summed E-state index contributed by atoms with van der Waals surface area (Å²) in [5.41, 5.74) is 10.3. The van der Waals surface area contributed by atoms with Crippen LogP contribution in [0.5, 0.6) is 0 Å². The number of anilines is 4. The van der Waals surface area contributed by atoms with Crippen molar-refractivity contribution in [1.82, 2.24) is 40.1 Å². The lowest BCUT2D eigenvalue weighted by Crippen LogP contribution is -2.60. The van der Waals surface area contributed by atoms with E-state index < -0.39 is 11.2 Å². The fraction of sp³-hybridized carbons (Fsp3) is 0.386. The molecule has 3 amide bonds. The molecule has 6 heterocycles. The van der Waals surface area contributed by atoms with Gasteiger partial charge in [0, 0.05) is 69.1 Å². The summed E-state index contributed by atoms with van der Waals surface area (Å²) in [7, 11) is 17.2. The minimum absolute atomic E-state index is 0.0197. The van der Waals surface area contributed by atoms with Crippen LogP contribution in [0.3, 0.4) is 0 Å². The molecule has 3 fully saturated rings. The van der Waals surface area contributed by atoms with Crippen LogP contribution in [0.4, 0.5) is 22.9 Å². The monoisotopic (exact) mass is 799 g/mol. The topological polar surface area (TPSA) is 154 Å². The molecule has 2 saturated heterocycles. The highest BCUT2D eigenvalue weighted by atomic mass is 16.2. The molecule has 1 unspecified atom stereocenters. The Balaban J connectivity index is 1.07. The van der Waals surface area contributed by atoms with Crippen molar-refractivity contribution >= 4 is 56.3 Å². The Morgan fingerprint density at radius 2 is 1.62 bits per heavy atom. The van der Waals surface area contributed by atoms with Crippen molar-refractivity contribution < 1.29 is 14.4 Å². The van der Waals surface area contributed by atoms with Gasteiger partial charge in [-0.25, -0.2) is 4.98 Å². The highest BCUT2D eigenvalue weighted by Crippen LogP contribution is 2.51. The number of fused-ring (bicyclic) bond motifs is 3. The zero-order valence-corrected chi connectivity index (χ0v) is 34.6. The highest BCUT2D eigenvalue weighted by molar-refractivity contribution is 6.39. The number of hydrogen-bond donors (Lipinski definition) is 3. The molecule has 0 bridgehead atoms. The number of likely N-dealkylation sites (tertiary alicyclic amines) is 2. The predicted molar refractivity (Wildman–Crippen MR) is 233 cm³/mol. The number of nitrogens with one attached hydrogen (secondary N) is 3. The van der Waals surface area contributed by atoms with E-state index in [1.165, 1.54) is 0 Å². The van der Waals surface area contributed by atoms with Crippen LogP contribution in [-0.2, 0) is 10.1 Å². The molecule has 0 spiro atoms. The molecule has 4 radical (unpaired) electrons. The van der Waals surface area contributed by atoms with Crippen molar-refractivity contribution in [3.8, 4) is 22.3 Å². The van der Waals surface area contributed by atoms with E-state index in [4.69, 9.17) is 20.8 Å². The van der Waals surface area contributed by atoms with E-state index in [1.807, 2.05) is 16.0 Å². The molecular formula is C44H47B2N11O3. The summed E-state index contributed by atoms with van der Waals surface area (Å²) in [5, 5.41) is 21.2. The van der Waals surface area contributed by atoms with E-state index in [0.29, 0.717) is 30.2 Å². The zero-order chi connectivity index (χ0) is 42.0. The van der Waals surface area contributed by atoms with E-state index in [0.717, 1.165) is 89.2 Å². The number of aryl methyl sites for hydroxylation is 2. The third-order valence-electron chi connectivity index (χ3n) is 12.5. The summed E-state index contributed by atoms with van der Waals surface area (Å²) in [6, 6.07) is 17.4. The number of aromatic nitrogens is 5. The number of benzene rings is 2. The SMILES string of the molecule is [B]C([B])(c1cccc(C(=O)N2CCCC2)n1)N1CC(n2ncc3c2C(C)N(C)c2c(Nc4cc(NC(=O)C5CC5)nnc4C(=O)NC)cc(-c4c(C)cccc4C)cc2-3)C1. The van der Waals surface area contributed by atoms with Gasteiger partial charge in [-0.2, -0.15) is 5.10 Å². The van der Waals surface area contributed by atoms with Crippen LogP contribution in [0.25, 0.3) is 22.3 Å². The molecule has 14 nitrogen and oxygen atoms in total. The number of nitrogens with zero attached hydrogens (tertiary/aromatic N) is 8. The maximum atomic E-state index is 13.2. The summed E-state index contributed by atoms with van der Waals surface area (Å²) in [6.45, 7) is 8.88. The summed E-state index contributed by atoms with van der Waals surface area (Å²) in [5.74, 6) is -0.389. The molecule has 16 heteroatoms. The van der Waals surface area contributed by atoms with Gasteiger partial charge < -0.3 is 30.7 Å². The van der Waals surface area contributed by atoms with Crippen LogP contribution < -0.4 is 20.9 Å².